The minimum absolute atomic E-state index is 0.364. The van der Waals surface area contributed by atoms with E-state index in [0.717, 1.165) is 12.1 Å². The monoisotopic (exact) mass is 408 g/mol. The Labute approximate surface area is 108 Å². The Bertz CT molecular complexity index is 403. The van der Waals surface area contributed by atoms with Gasteiger partial charge in [-0.25, -0.2) is 0 Å². The zero-order valence-corrected chi connectivity index (χ0v) is 11.2. The molecule has 0 aliphatic rings. The number of halogens is 9. The third-order valence-corrected chi connectivity index (χ3v) is 7.83. The summed E-state index contributed by atoms with van der Waals surface area (Å²) in [5, 5.41) is 0. The molecule has 1 aromatic carbocycles. The molecule has 0 fully saturated rings. The van der Waals surface area contributed by atoms with Gasteiger partial charge < -0.3 is 0 Å². The van der Waals surface area contributed by atoms with Crippen LogP contribution < -0.4 is 0 Å². The van der Waals surface area contributed by atoms with Crippen molar-refractivity contribution in [3.05, 3.63) is 33.9 Å². The molecule has 0 aliphatic heterocycles. The number of rotatable bonds is 3. The Morgan fingerprint density at radius 3 is 1.67 bits per heavy atom. The van der Waals surface area contributed by atoms with E-state index < -0.39 is 34.7 Å². The second kappa shape index (κ2) is 5.03. The van der Waals surface area contributed by atoms with E-state index in [0.29, 0.717) is 0 Å². The normalized spacial score (nSPS) is 14.6. The Hall–Kier alpha value is -0.250. The summed E-state index contributed by atoms with van der Waals surface area (Å²) in [6.45, 7) is 0. The average Bonchev–Trinajstić information content (AvgIpc) is 2.27. The Balaban J connectivity index is 3.15. The fourth-order valence-electron chi connectivity index (χ4n) is 0.927. The van der Waals surface area contributed by atoms with Crippen molar-refractivity contribution in [1.82, 2.24) is 0 Å². The number of alkyl halides is 8. The maximum absolute atomic E-state index is 13.2. The zero-order chi connectivity index (χ0) is 14.2. The second-order valence-electron chi connectivity index (χ2n) is 3.10. The van der Waals surface area contributed by atoms with Gasteiger partial charge in [0.15, 0.2) is 0 Å². The van der Waals surface area contributed by atoms with Gasteiger partial charge in [-0.1, -0.05) is 0 Å². The van der Waals surface area contributed by atoms with Crippen molar-refractivity contribution < 1.29 is 30.7 Å². The zero-order valence-electron chi connectivity index (χ0n) is 8.29. The maximum atomic E-state index is 13.2. The van der Waals surface area contributed by atoms with Gasteiger partial charge in [0.05, 0.1) is 0 Å². The van der Waals surface area contributed by atoms with Crippen molar-refractivity contribution >= 4 is 27.6 Å². The summed E-state index contributed by atoms with van der Waals surface area (Å²) in [5.41, 5.74) is 0. The van der Waals surface area contributed by atoms with Crippen molar-refractivity contribution in [3.63, 3.8) is 0 Å². The number of benzene rings is 1. The third kappa shape index (κ3) is 2.68. The first-order valence-corrected chi connectivity index (χ1v) is 9.14. The van der Waals surface area contributed by atoms with Gasteiger partial charge in [0, 0.05) is 0 Å². The molecule has 0 aliphatic carbocycles. The molecule has 1 aromatic rings. The van der Waals surface area contributed by atoms with E-state index in [1.165, 1.54) is 18.2 Å². The van der Waals surface area contributed by atoms with E-state index >= 15 is 0 Å². The molecule has 0 aromatic heterocycles. The van der Waals surface area contributed by atoms with Crippen LogP contribution in [0.5, 0.6) is 0 Å². The first kappa shape index (κ1) is 15.8. The second-order valence-corrected chi connectivity index (χ2v) is 8.97. The summed E-state index contributed by atoms with van der Waals surface area (Å²) in [6, 6.07) is 5.91. The molecule has 0 bridgehead atoms. The van der Waals surface area contributed by atoms with Crippen LogP contribution in [0.15, 0.2) is 30.3 Å². The number of hydrogen-bond acceptors (Lipinski definition) is 0. The first-order valence-electron chi connectivity index (χ1n) is 4.25. The van der Waals surface area contributed by atoms with E-state index in [9.17, 15) is 30.7 Å². The fourth-order valence-corrected chi connectivity index (χ4v) is 4.90. The van der Waals surface area contributed by atoms with Crippen LogP contribution in [0.4, 0.5) is 30.7 Å². The van der Waals surface area contributed by atoms with E-state index in [1.54, 1.807) is 0 Å². The SMILES string of the molecule is FC(F)(F)C(F)(F)C(F)(F)I(Cl)c1ccccc1. The van der Waals surface area contributed by atoms with Crippen LogP contribution >= 0.6 is 27.6 Å². The van der Waals surface area contributed by atoms with E-state index in [-0.39, 0.29) is 3.57 Å². The molecule has 0 saturated carbocycles. The topological polar surface area (TPSA) is 0 Å². The van der Waals surface area contributed by atoms with E-state index in [1.807, 2.05) is 0 Å². The molecule has 0 unspecified atom stereocenters. The third-order valence-electron chi connectivity index (χ3n) is 1.85. The predicted molar refractivity (Wildman–Crippen MR) is 61.0 cm³/mol. The van der Waals surface area contributed by atoms with Crippen LogP contribution in [0.1, 0.15) is 0 Å². The van der Waals surface area contributed by atoms with Crippen LogP contribution in [0.2, 0.25) is 0 Å². The fraction of sp³-hybridized carbons (Fsp3) is 0.333. The van der Waals surface area contributed by atoms with E-state index in [2.05, 4.69) is 0 Å². The minimum atomic E-state index is -6.34. The van der Waals surface area contributed by atoms with E-state index in [4.69, 9.17) is 8.91 Å². The molecule has 0 atom stereocenters. The summed E-state index contributed by atoms with van der Waals surface area (Å²) in [5.74, 6) is -6.14. The molecule has 0 heterocycles. The molecule has 0 radical (unpaired) electrons. The molecule has 0 nitrogen and oxygen atoms in total. The Morgan fingerprint density at radius 1 is 0.833 bits per heavy atom. The van der Waals surface area contributed by atoms with Crippen molar-refractivity contribution in [2.24, 2.45) is 0 Å². The van der Waals surface area contributed by atoms with Gasteiger partial charge in [0.2, 0.25) is 0 Å². The van der Waals surface area contributed by atoms with Crippen molar-refractivity contribution in [2.45, 2.75) is 16.0 Å². The summed E-state index contributed by atoms with van der Waals surface area (Å²) in [7, 11) is 5.22. The molecular weight excluding hydrogens is 403 g/mol. The molecule has 104 valence electrons. The molecule has 9 heteroatoms. The molecule has 0 amide bonds. The predicted octanol–water partition coefficient (Wildman–Crippen LogP) is 5.31. The van der Waals surface area contributed by atoms with Gasteiger partial charge in [-0.15, -0.1) is 0 Å². The first-order chi connectivity index (χ1) is 8.02. The van der Waals surface area contributed by atoms with Gasteiger partial charge >= 0.3 is 108 Å². The molecule has 0 saturated heterocycles. The van der Waals surface area contributed by atoms with Crippen molar-refractivity contribution in [1.29, 1.82) is 0 Å². The molecule has 0 N–H and O–H groups in total. The molecule has 0 spiro atoms. The number of hydrogen-bond donors (Lipinski definition) is 0. The van der Waals surface area contributed by atoms with Crippen LogP contribution in [0.25, 0.3) is 0 Å². The Kier molecular flexibility index (Phi) is 4.41. The Morgan fingerprint density at radius 2 is 1.28 bits per heavy atom. The summed E-state index contributed by atoms with van der Waals surface area (Å²) in [4.78, 5) is 0. The summed E-state index contributed by atoms with van der Waals surface area (Å²) < 4.78 is 82.1. The van der Waals surface area contributed by atoms with Crippen molar-refractivity contribution in [3.8, 4) is 0 Å². The average molecular weight is 408 g/mol. The summed E-state index contributed by atoms with van der Waals surface area (Å²) >= 11 is -4.52. The molecular formula is C9H5ClF7I. The summed E-state index contributed by atoms with van der Waals surface area (Å²) in [6.07, 6.45) is -6.34. The van der Waals surface area contributed by atoms with Gasteiger partial charge in [-0.3, -0.25) is 0 Å². The van der Waals surface area contributed by atoms with Gasteiger partial charge in [-0.2, -0.15) is 0 Å². The quantitative estimate of drug-likeness (QED) is 0.361. The van der Waals surface area contributed by atoms with Gasteiger partial charge in [0.1, 0.15) is 0 Å². The van der Waals surface area contributed by atoms with Crippen LogP contribution in [0, 0.1) is 3.57 Å². The molecule has 1 rings (SSSR count). The van der Waals surface area contributed by atoms with Gasteiger partial charge in [-0.05, 0) is 0 Å². The standard InChI is InChI=1S/C9H5ClF7I/c10-18(6-4-2-1-3-5-6)9(16,17)7(11,12)8(13,14)15/h1-5H. The van der Waals surface area contributed by atoms with Crippen LogP contribution in [-0.2, 0) is 0 Å². The van der Waals surface area contributed by atoms with Crippen LogP contribution in [-0.4, -0.2) is 16.0 Å². The van der Waals surface area contributed by atoms with Gasteiger partial charge in [0.25, 0.3) is 0 Å². The van der Waals surface area contributed by atoms with Crippen molar-refractivity contribution in [2.75, 3.05) is 0 Å². The van der Waals surface area contributed by atoms with Crippen LogP contribution in [0.3, 0.4) is 0 Å². The molecule has 18 heavy (non-hydrogen) atoms.